The van der Waals surface area contributed by atoms with Crippen LogP contribution in [0.5, 0.6) is 11.5 Å². The molecular formula is C30H38N6O10S4. The van der Waals surface area contributed by atoms with Gasteiger partial charge in [0.25, 0.3) is 0 Å². The number of amides is 4. The summed E-state index contributed by atoms with van der Waals surface area (Å²) in [6, 6.07) is 4.16. The van der Waals surface area contributed by atoms with Gasteiger partial charge in [-0.05, 0) is 35.4 Å². The number of benzene rings is 2. The number of nitrogens with two attached hydrogens (primary N) is 2. The van der Waals surface area contributed by atoms with Crippen LogP contribution in [0, 0.1) is 0 Å². The minimum absolute atomic E-state index is 0.0161. The quantitative estimate of drug-likeness (QED) is 0.165. The molecule has 0 radical (unpaired) electrons. The van der Waals surface area contributed by atoms with Crippen LogP contribution < -0.4 is 32.7 Å². The molecular weight excluding hydrogens is 733 g/mol. The van der Waals surface area contributed by atoms with Gasteiger partial charge in [-0.15, -0.1) is 0 Å². The fourth-order valence-corrected chi connectivity index (χ4v) is 8.79. The number of carboxylic acids is 2. The monoisotopic (exact) mass is 770 g/mol. The maximum absolute atomic E-state index is 13.3. The molecule has 272 valence electrons. The van der Waals surface area contributed by atoms with Gasteiger partial charge in [0, 0.05) is 35.9 Å². The highest BCUT2D eigenvalue weighted by molar-refractivity contribution is 8.77. The maximum Gasteiger partial charge on any atom is 0.327 e. The van der Waals surface area contributed by atoms with E-state index in [1.165, 1.54) is 48.5 Å². The summed E-state index contributed by atoms with van der Waals surface area (Å²) in [5.74, 6) is -6.08. The lowest BCUT2D eigenvalue weighted by Gasteiger charge is -2.24. The van der Waals surface area contributed by atoms with Crippen LogP contribution >= 0.6 is 43.2 Å². The van der Waals surface area contributed by atoms with Crippen molar-refractivity contribution in [1.82, 2.24) is 21.3 Å². The van der Waals surface area contributed by atoms with E-state index in [-0.39, 0.29) is 47.4 Å². The molecule has 1 aliphatic rings. The second-order valence-electron chi connectivity index (χ2n) is 11.0. The lowest BCUT2D eigenvalue weighted by atomic mass is 10.0. The highest BCUT2D eigenvalue weighted by atomic mass is 33.1. The molecule has 12 N–H and O–H groups in total. The zero-order chi connectivity index (χ0) is 36.8. The van der Waals surface area contributed by atoms with Crippen LogP contribution in [0.3, 0.4) is 0 Å². The summed E-state index contributed by atoms with van der Waals surface area (Å²) >= 11 is 0. The predicted molar refractivity (Wildman–Crippen MR) is 192 cm³/mol. The maximum atomic E-state index is 13.3. The summed E-state index contributed by atoms with van der Waals surface area (Å²) in [6.07, 6.45) is -0.114. The number of carbonyl (C=O) groups is 6. The Kier molecular flexibility index (Phi) is 16.4. The van der Waals surface area contributed by atoms with Crippen molar-refractivity contribution < 1.29 is 49.2 Å². The number of phenols is 2. The lowest BCUT2D eigenvalue weighted by Crippen LogP contribution is -2.56. The Bertz CT molecular complexity index is 1390. The van der Waals surface area contributed by atoms with E-state index in [0.717, 1.165) is 43.2 Å². The van der Waals surface area contributed by atoms with E-state index < -0.39 is 71.8 Å². The van der Waals surface area contributed by atoms with Gasteiger partial charge in [0.2, 0.25) is 23.6 Å². The lowest BCUT2D eigenvalue weighted by molar-refractivity contribution is -0.142. The average Bonchev–Trinajstić information content (AvgIpc) is 3.07. The van der Waals surface area contributed by atoms with Crippen molar-refractivity contribution in [2.75, 3.05) is 23.0 Å². The number of hydrogen-bond acceptors (Lipinski definition) is 14. The van der Waals surface area contributed by atoms with E-state index >= 15 is 0 Å². The third-order valence-electron chi connectivity index (χ3n) is 7.05. The third-order valence-corrected chi connectivity index (χ3v) is 11.9. The van der Waals surface area contributed by atoms with Crippen molar-refractivity contribution in [2.24, 2.45) is 11.5 Å². The van der Waals surface area contributed by atoms with Crippen LogP contribution in [0.1, 0.15) is 11.1 Å². The molecule has 0 saturated carbocycles. The number of rotatable bonds is 6. The van der Waals surface area contributed by atoms with Gasteiger partial charge in [0.05, 0.1) is 12.1 Å². The number of aliphatic carboxylic acids is 2. The Morgan fingerprint density at radius 1 is 0.560 bits per heavy atom. The Hall–Kier alpha value is -3.82. The van der Waals surface area contributed by atoms with Crippen LogP contribution in [0.4, 0.5) is 0 Å². The van der Waals surface area contributed by atoms with E-state index in [1.807, 2.05) is 0 Å². The Morgan fingerprint density at radius 2 is 0.880 bits per heavy atom. The number of hydrogen-bond donors (Lipinski definition) is 10. The number of nitrogens with one attached hydrogen (secondary N) is 4. The second kappa shape index (κ2) is 20.1. The van der Waals surface area contributed by atoms with E-state index in [0.29, 0.717) is 11.1 Å². The standard InChI is InChI=1S/C30H38N6O10S4/c31-19-11-47-50-14-24(30(45)46)36-28(42)22(10-16-3-7-18(38)8-4-16)34-26(40)20(32)12-48-49-13-23(29(43)44)35-27(41)21(33-25(19)39)9-15-1-5-17(37)6-2-15/h1-8,19-24,37-38H,9-14,31-32H2,(H,33,39)(H,34,40)(H,35,41)(H,36,42)(H,43,44)(H,45,46). The van der Waals surface area contributed by atoms with Crippen molar-refractivity contribution in [2.45, 2.75) is 49.1 Å². The first-order valence-corrected chi connectivity index (χ1v) is 19.9. The molecule has 1 heterocycles. The molecule has 16 nitrogen and oxygen atoms in total. The second-order valence-corrected chi connectivity index (χ2v) is 16.1. The van der Waals surface area contributed by atoms with Crippen LogP contribution in [-0.2, 0) is 41.6 Å². The summed E-state index contributed by atoms with van der Waals surface area (Å²) in [6.45, 7) is 0. The molecule has 1 fully saturated rings. The van der Waals surface area contributed by atoms with Crippen molar-refractivity contribution in [3.05, 3.63) is 59.7 Å². The van der Waals surface area contributed by atoms with Gasteiger partial charge in [-0.2, -0.15) is 0 Å². The van der Waals surface area contributed by atoms with Crippen molar-refractivity contribution >= 4 is 78.7 Å². The van der Waals surface area contributed by atoms with Crippen LogP contribution in [0.2, 0.25) is 0 Å². The highest BCUT2D eigenvalue weighted by Gasteiger charge is 2.31. The molecule has 1 saturated heterocycles. The van der Waals surface area contributed by atoms with Crippen LogP contribution in [-0.4, -0.2) is 115 Å². The Balaban J connectivity index is 1.82. The molecule has 2 aromatic carbocycles. The SMILES string of the molecule is NC1CSSCC(C(=O)O)NC(=O)C(Cc2ccc(O)cc2)NC(=O)C(N)CSSCC(C(=O)O)NC(=O)C(Cc2ccc(O)cc2)NC1=O. The average molecular weight is 771 g/mol. The molecule has 6 unspecified atom stereocenters. The molecule has 0 aliphatic carbocycles. The predicted octanol–water partition coefficient (Wildman–Crippen LogP) is -0.578. The van der Waals surface area contributed by atoms with E-state index in [1.54, 1.807) is 0 Å². The summed E-state index contributed by atoms with van der Waals surface area (Å²) in [5.41, 5.74) is 13.3. The van der Waals surface area contributed by atoms with E-state index in [9.17, 15) is 49.2 Å². The van der Waals surface area contributed by atoms with Crippen molar-refractivity contribution in [1.29, 1.82) is 0 Å². The normalized spacial score (nSPS) is 25.4. The number of carboxylic acid groups (broad SMARTS) is 2. The fraction of sp³-hybridized carbons (Fsp3) is 0.400. The van der Waals surface area contributed by atoms with Gasteiger partial charge in [-0.3, -0.25) is 19.2 Å². The number of aromatic hydroxyl groups is 2. The van der Waals surface area contributed by atoms with E-state index in [2.05, 4.69) is 21.3 Å². The molecule has 1 aliphatic heterocycles. The van der Waals surface area contributed by atoms with Gasteiger partial charge < -0.3 is 53.2 Å². The summed E-state index contributed by atoms with van der Waals surface area (Å²) in [4.78, 5) is 76.8. The molecule has 50 heavy (non-hydrogen) atoms. The molecule has 0 spiro atoms. The number of carbonyl (C=O) groups excluding carboxylic acids is 4. The zero-order valence-corrected chi connectivity index (χ0v) is 29.6. The van der Waals surface area contributed by atoms with Crippen molar-refractivity contribution in [3.63, 3.8) is 0 Å². The van der Waals surface area contributed by atoms with Gasteiger partial charge in [0.1, 0.15) is 35.7 Å². The molecule has 0 aromatic heterocycles. The molecule has 3 rings (SSSR count). The summed E-state index contributed by atoms with van der Waals surface area (Å²) < 4.78 is 0. The van der Waals surface area contributed by atoms with Gasteiger partial charge in [0.15, 0.2) is 0 Å². The molecule has 4 amide bonds. The highest BCUT2D eigenvalue weighted by Crippen LogP contribution is 2.24. The largest absolute Gasteiger partial charge is 0.508 e. The Morgan fingerprint density at radius 3 is 1.20 bits per heavy atom. The minimum Gasteiger partial charge on any atom is -0.508 e. The fourth-order valence-electron chi connectivity index (χ4n) is 4.23. The third kappa shape index (κ3) is 13.5. The van der Waals surface area contributed by atoms with Crippen LogP contribution in [0.15, 0.2) is 48.5 Å². The first-order chi connectivity index (χ1) is 23.7. The van der Waals surface area contributed by atoms with Gasteiger partial charge >= 0.3 is 11.9 Å². The molecule has 20 heteroatoms. The first kappa shape index (κ1) is 40.6. The Labute approximate surface area is 302 Å². The first-order valence-electron chi connectivity index (χ1n) is 15.0. The molecule has 6 atom stereocenters. The number of phenolic OH excluding ortho intramolecular Hbond substituents is 2. The minimum atomic E-state index is -1.39. The molecule has 2 aromatic rings. The topological polar surface area (TPSA) is 284 Å². The van der Waals surface area contributed by atoms with Gasteiger partial charge in [-0.1, -0.05) is 67.4 Å². The zero-order valence-electron chi connectivity index (χ0n) is 26.4. The van der Waals surface area contributed by atoms with Gasteiger partial charge in [-0.25, -0.2) is 9.59 Å². The molecule has 0 bridgehead atoms. The summed E-state index contributed by atoms with van der Waals surface area (Å²) in [7, 11) is 4.15. The summed E-state index contributed by atoms with van der Waals surface area (Å²) in [5, 5.41) is 48.8. The van der Waals surface area contributed by atoms with Crippen LogP contribution in [0.25, 0.3) is 0 Å². The smallest absolute Gasteiger partial charge is 0.327 e. The van der Waals surface area contributed by atoms with Crippen molar-refractivity contribution in [3.8, 4) is 11.5 Å². The van der Waals surface area contributed by atoms with E-state index in [4.69, 9.17) is 11.5 Å².